The molecule has 0 heterocycles. The molecule has 1 unspecified atom stereocenters. The third-order valence-electron chi connectivity index (χ3n) is 4.43. The third-order valence-corrected chi connectivity index (χ3v) is 4.43. The van der Waals surface area contributed by atoms with Gasteiger partial charge in [0.25, 0.3) is 0 Å². The molecule has 0 bridgehead atoms. The quantitative estimate of drug-likeness (QED) is 0.434. The summed E-state index contributed by atoms with van der Waals surface area (Å²) < 4.78 is 0. The maximum Gasteiger partial charge on any atom is 0.101 e. The number of hydrogen-bond donors (Lipinski definition) is 0. The van der Waals surface area contributed by atoms with Crippen LogP contribution in [0.4, 0.5) is 0 Å². The summed E-state index contributed by atoms with van der Waals surface area (Å²) in [6.45, 7) is 8.00. The molecule has 3 rings (SSSR count). The first kappa shape index (κ1) is 31.6. The monoisotopic (exact) mass is 450 g/mol. The van der Waals surface area contributed by atoms with Crippen LogP contribution in [0, 0.1) is 79.8 Å². The van der Waals surface area contributed by atoms with E-state index in [1.54, 1.807) is 48.5 Å². The van der Waals surface area contributed by atoms with Crippen LogP contribution in [0.15, 0.2) is 48.5 Å². The lowest BCUT2D eigenvalue weighted by molar-refractivity contribution is 0.352. The fourth-order valence-corrected chi connectivity index (χ4v) is 2.80. The van der Waals surface area contributed by atoms with E-state index in [2.05, 4.69) is 12.1 Å². The number of hydrogen-bond acceptors (Lipinski definition) is 6. The minimum Gasteiger partial charge on any atom is -0.198 e. The van der Waals surface area contributed by atoms with Crippen LogP contribution < -0.4 is 0 Å². The highest BCUT2D eigenvalue weighted by Crippen LogP contribution is 2.28. The van der Waals surface area contributed by atoms with E-state index < -0.39 is 0 Å². The molecule has 1 aliphatic rings. The van der Waals surface area contributed by atoms with E-state index in [-0.39, 0.29) is 11.8 Å². The number of rotatable bonds is 0. The molecular formula is C28H30N6. The van der Waals surface area contributed by atoms with Crippen molar-refractivity contribution in [2.75, 3.05) is 0 Å². The van der Waals surface area contributed by atoms with E-state index in [9.17, 15) is 0 Å². The molecule has 0 saturated heterocycles. The first-order valence-corrected chi connectivity index (χ1v) is 11.2. The van der Waals surface area contributed by atoms with Crippen LogP contribution in [-0.4, -0.2) is 0 Å². The summed E-state index contributed by atoms with van der Waals surface area (Å²) in [5.41, 5.74) is 1.74. The average Bonchev–Trinajstić information content (AvgIpc) is 2.95. The van der Waals surface area contributed by atoms with Gasteiger partial charge in [-0.25, -0.2) is 0 Å². The number of benzene rings is 2. The van der Waals surface area contributed by atoms with E-state index in [1.807, 2.05) is 52.0 Å². The van der Waals surface area contributed by atoms with Crippen LogP contribution in [0.3, 0.4) is 0 Å². The van der Waals surface area contributed by atoms with Gasteiger partial charge in [-0.05, 0) is 37.1 Å². The summed E-state index contributed by atoms with van der Waals surface area (Å²) >= 11 is 0. The van der Waals surface area contributed by atoms with Gasteiger partial charge in [0.15, 0.2) is 0 Å². The van der Waals surface area contributed by atoms with Gasteiger partial charge in [-0.2, -0.15) is 31.6 Å². The molecule has 2 atom stereocenters. The molecule has 1 saturated carbocycles. The van der Waals surface area contributed by atoms with E-state index in [0.29, 0.717) is 22.3 Å². The summed E-state index contributed by atoms with van der Waals surface area (Å²) in [7, 11) is 0. The average molecular weight is 451 g/mol. The van der Waals surface area contributed by atoms with Crippen LogP contribution in [0.5, 0.6) is 0 Å². The minimum atomic E-state index is 0.0127. The standard InChI is InChI=1S/C8H10N2.2C8H4N2.2C2H6/c3*9-5-7-3-1-2-4-8(7)6-10;2*1-2/h7-8H,1-4H2;2*1-4H;2*1-2H3/t7-,8?;;;;/m1..../s1. The Bertz CT molecular complexity index is 939. The van der Waals surface area contributed by atoms with Gasteiger partial charge < -0.3 is 0 Å². The molecule has 1 fully saturated rings. The summed E-state index contributed by atoms with van der Waals surface area (Å²) in [5, 5.41) is 51.0. The highest BCUT2D eigenvalue weighted by Gasteiger charge is 2.23. The van der Waals surface area contributed by atoms with Gasteiger partial charge in [0.05, 0.1) is 46.2 Å². The first-order valence-electron chi connectivity index (χ1n) is 11.2. The predicted octanol–water partition coefficient (Wildman–Crippen LogP) is 6.75. The van der Waals surface area contributed by atoms with Crippen molar-refractivity contribution in [1.29, 1.82) is 31.6 Å². The van der Waals surface area contributed by atoms with E-state index in [0.717, 1.165) is 25.7 Å². The van der Waals surface area contributed by atoms with Gasteiger partial charge in [0, 0.05) is 0 Å². The summed E-state index contributed by atoms with van der Waals surface area (Å²) in [5.74, 6) is 0.0255. The van der Waals surface area contributed by atoms with Crippen molar-refractivity contribution in [3.8, 4) is 36.4 Å². The molecule has 0 aromatic heterocycles. The minimum absolute atomic E-state index is 0.0127. The van der Waals surface area contributed by atoms with Crippen LogP contribution in [0.1, 0.15) is 75.6 Å². The Kier molecular flexibility index (Phi) is 20.1. The zero-order valence-corrected chi connectivity index (χ0v) is 20.3. The van der Waals surface area contributed by atoms with Crippen LogP contribution in [0.2, 0.25) is 0 Å². The molecule has 0 N–H and O–H groups in total. The SMILES string of the molecule is CC.CC.N#CC1CCCC[C@@H]1C#N.N#Cc1ccccc1C#N.N#Cc1ccccc1C#N. The highest BCUT2D eigenvalue weighted by atomic mass is 14.4. The smallest absolute Gasteiger partial charge is 0.101 e. The molecule has 6 nitrogen and oxygen atoms in total. The van der Waals surface area contributed by atoms with Gasteiger partial charge in [-0.3, -0.25) is 0 Å². The Balaban J connectivity index is 0. The van der Waals surface area contributed by atoms with E-state index >= 15 is 0 Å². The summed E-state index contributed by atoms with van der Waals surface area (Å²) in [6.07, 6.45) is 4.09. The van der Waals surface area contributed by atoms with Crippen LogP contribution >= 0.6 is 0 Å². The zero-order chi connectivity index (χ0) is 26.2. The maximum absolute atomic E-state index is 8.59. The van der Waals surface area contributed by atoms with Crippen LogP contribution in [0.25, 0.3) is 0 Å². The Morgan fingerprint density at radius 3 is 0.912 bits per heavy atom. The topological polar surface area (TPSA) is 143 Å². The second-order valence-corrected chi connectivity index (χ2v) is 6.29. The van der Waals surface area contributed by atoms with Crippen molar-refractivity contribution in [2.24, 2.45) is 11.8 Å². The Morgan fingerprint density at radius 2 is 0.735 bits per heavy atom. The molecule has 2 aromatic carbocycles. The zero-order valence-electron chi connectivity index (χ0n) is 20.3. The fourth-order valence-electron chi connectivity index (χ4n) is 2.80. The van der Waals surface area contributed by atoms with Crippen molar-refractivity contribution < 1.29 is 0 Å². The van der Waals surface area contributed by atoms with Gasteiger partial charge in [0.2, 0.25) is 0 Å². The third kappa shape index (κ3) is 11.7. The van der Waals surface area contributed by atoms with Crippen molar-refractivity contribution in [3.05, 3.63) is 70.8 Å². The molecule has 34 heavy (non-hydrogen) atoms. The Labute approximate surface area is 204 Å². The highest BCUT2D eigenvalue weighted by molar-refractivity contribution is 5.45. The molecule has 0 radical (unpaired) electrons. The lowest BCUT2D eigenvalue weighted by atomic mass is 9.81. The predicted molar refractivity (Wildman–Crippen MR) is 131 cm³/mol. The number of nitrogens with zero attached hydrogens (tertiary/aromatic N) is 6. The molecule has 0 spiro atoms. The van der Waals surface area contributed by atoms with Gasteiger partial charge in [-0.1, -0.05) is 64.8 Å². The molecular weight excluding hydrogens is 420 g/mol. The molecule has 0 amide bonds. The lowest BCUT2D eigenvalue weighted by Crippen LogP contribution is -2.15. The van der Waals surface area contributed by atoms with Crippen LogP contribution in [-0.2, 0) is 0 Å². The van der Waals surface area contributed by atoms with E-state index in [1.165, 1.54) is 0 Å². The van der Waals surface area contributed by atoms with E-state index in [4.69, 9.17) is 31.6 Å². The molecule has 6 heteroatoms. The molecule has 2 aromatic rings. The second-order valence-electron chi connectivity index (χ2n) is 6.29. The largest absolute Gasteiger partial charge is 0.198 e. The Morgan fingerprint density at radius 1 is 0.500 bits per heavy atom. The number of nitriles is 6. The van der Waals surface area contributed by atoms with Crippen molar-refractivity contribution in [1.82, 2.24) is 0 Å². The normalized spacial score (nSPS) is 14.4. The maximum atomic E-state index is 8.59. The Hall–Kier alpha value is -4.62. The van der Waals surface area contributed by atoms with Gasteiger partial charge >= 0.3 is 0 Å². The summed E-state index contributed by atoms with van der Waals surface area (Å²) in [4.78, 5) is 0. The van der Waals surface area contributed by atoms with Gasteiger partial charge in [-0.15, -0.1) is 0 Å². The lowest BCUT2D eigenvalue weighted by Gasteiger charge is -2.19. The van der Waals surface area contributed by atoms with Crippen molar-refractivity contribution in [2.45, 2.75) is 53.4 Å². The molecule has 172 valence electrons. The molecule has 0 aliphatic heterocycles. The summed E-state index contributed by atoms with van der Waals surface area (Å²) in [6, 6.07) is 25.5. The fraction of sp³-hybridized carbons (Fsp3) is 0.357. The molecule has 1 aliphatic carbocycles. The van der Waals surface area contributed by atoms with Crippen molar-refractivity contribution in [3.63, 3.8) is 0 Å². The van der Waals surface area contributed by atoms with Gasteiger partial charge in [0.1, 0.15) is 24.3 Å². The van der Waals surface area contributed by atoms with Crippen molar-refractivity contribution >= 4 is 0 Å². The first-order chi connectivity index (χ1) is 16.6. The second kappa shape index (κ2) is 21.6.